The first-order chi connectivity index (χ1) is 10.3. The van der Waals surface area contributed by atoms with Crippen molar-refractivity contribution < 1.29 is 14.5 Å². The Morgan fingerprint density at radius 3 is 2.50 bits per heavy atom. The smallest absolute Gasteiger partial charge is 0.220 e. The van der Waals surface area contributed by atoms with Crippen molar-refractivity contribution in [2.45, 2.75) is 4.90 Å². The van der Waals surface area contributed by atoms with Crippen molar-refractivity contribution >= 4 is 34.2 Å². The van der Waals surface area contributed by atoms with Crippen LogP contribution in [0, 0.1) is 0 Å². The number of nitrogens with zero attached hydrogens (tertiary/aromatic N) is 3. The Labute approximate surface area is 136 Å². The normalized spacial score (nSPS) is 12.3. The van der Waals surface area contributed by atoms with Gasteiger partial charge < -0.3 is 14.6 Å². The summed E-state index contributed by atoms with van der Waals surface area (Å²) in [5.41, 5.74) is 0.819. The maximum absolute atomic E-state index is 12.6. The molecule has 0 bridgehead atoms. The van der Waals surface area contributed by atoms with Gasteiger partial charge in [0, 0.05) is 26.7 Å². The van der Waals surface area contributed by atoms with Gasteiger partial charge in [-0.2, -0.15) is 5.10 Å². The van der Waals surface area contributed by atoms with Gasteiger partial charge in [0.1, 0.15) is 17.5 Å². The van der Waals surface area contributed by atoms with Crippen LogP contribution in [-0.4, -0.2) is 45.6 Å². The van der Waals surface area contributed by atoms with Crippen LogP contribution in [0.1, 0.15) is 15.9 Å². The highest BCUT2D eigenvalue weighted by Crippen LogP contribution is 2.36. The zero-order valence-electron chi connectivity index (χ0n) is 12.6. The number of benzene rings is 1. The summed E-state index contributed by atoms with van der Waals surface area (Å²) in [6, 6.07) is 3.12. The van der Waals surface area contributed by atoms with Gasteiger partial charge in [-0.05, 0) is 23.3 Å². The molecule has 8 heteroatoms. The third kappa shape index (κ3) is 2.79. The Morgan fingerprint density at radius 2 is 2.05 bits per heavy atom. The fraction of sp³-hybridized carbons (Fsp3) is 0.286. The van der Waals surface area contributed by atoms with E-state index in [2.05, 4.69) is 5.10 Å². The van der Waals surface area contributed by atoms with Crippen LogP contribution in [0.25, 0.3) is 0 Å². The summed E-state index contributed by atoms with van der Waals surface area (Å²) < 4.78 is 13.0. The number of anilines is 1. The maximum atomic E-state index is 12.6. The number of aromatic hydroxyl groups is 1. The average molecular weight is 342 g/mol. The van der Waals surface area contributed by atoms with E-state index in [9.17, 15) is 14.5 Å². The molecule has 1 N–H and O–H groups in total. The highest BCUT2D eigenvalue weighted by Gasteiger charge is 2.25. The molecule has 6 nitrogen and oxygen atoms in total. The summed E-state index contributed by atoms with van der Waals surface area (Å²) in [5, 5.41) is 13.9. The summed E-state index contributed by atoms with van der Waals surface area (Å²) in [5.74, 6) is -0.664. The van der Waals surface area contributed by atoms with E-state index in [0.29, 0.717) is 10.6 Å². The molecule has 0 aliphatic carbocycles. The average Bonchev–Trinajstić information content (AvgIpc) is 2.77. The molecule has 2 rings (SSSR count). The first kappa shape index (κ1) is 16.7. The largest absolute Gasteiger partial charge is 0.612 e. The molecule has 0 aliphatic rings. The van der Waals surface area contributed by atoms with Gasteiger partial charge in [-0.3, -0.25) is 4.79 Å². The molecular weight excluding hydrogens is 326 g/mol. The summed E-state index contributed by atoms with van der Waals surface area (Å²) in [4.78, 5) is 14.8. The number of aromatic nitrogens is 2. The molecule has 1 unspecified atom stereocenters. The monoisotopic (exact) mass is 341 g/mol. The Kier molecular flexibility index (Phi) is 4.69. The number of hydrogen-bond acceptors (Lipinski definition) is 5. The van der Waals surface area contributed by atoms with Crippen LogP contribution in [0.3, 0.4) is 0 Å². The molecule has 1 aromatic heterocycles. The zero-order chi connectivity index (χ0) is 16.6. The van der Waals surface area contributed by atoms with E-state index in [0.717, 1.165) is 0 Å². The Balaban J connectivity index is 2.60. The lowest BCUT2D eigenvalue weighted by atomic mass is 10.0. The quantitative estimate of drug-likeness (QED) is 0.677. The predicted molar refractivity (Wildman–Crippen MR) is 86.4 cm³/mol. The molecule has 0 saturated carbocycles. The molecule has 118 valence electrons. The molecule has 0 saturated heterocycles. The maximum Gasteiger partial charge on any atom is 0.220 e. The van der Waals surface area contributed by atoms with Crippen molar-refractivity contribution in [3.63, 3.8) is 0 Å². The number of carbonyl (C=O) groups is 1. The van der Waals surface area contributed by atoms with Gasteiger partial charge in [0.15, 0.2) is 4.90 Å². The number of aryl methyl sites for hydroxylation is 1. The standard InChI is InChI=1S/C14H16ClN3O3S/c1-17(2)12-10(22(4)21)6-5-8(11(12)15)13(19)9-7-16-18(3)14(9)20/h5-7,20H,1-4H3. The fourth-order valence-corrected chi connectivity index (χ4v) is 3.40. The molecule has 2 aromatic rings. The van der Waals surface area contributed by atoms with Crippen LogP contribution < -0.4 is 4.90 Å². The minimum Gasteiger partial charge on any atom is -0.612 e. The zero-order valence-corrected chi connectivity index (χ0v) is 14.2. The summed E-state index contributed by atoms with van der Waals surface area (Å²) in [6.07, 6.45) is 2.84. The van der Waals surface area contributed by atoms with E-state index in [1.54, 1.807) is 31.3 Å². The topological polar surface area (TPSA) is 81.4 Å². The summed E-state index contributed by atoms with van der Waals surface area (Å²) >= 11 is 5.11. The van der Waals surface area contributed by atoms with Crippen molar-refractivity contribution in [1.29, 1.82) is 0 Å². The van der Waals surface area contributed by atoms with Gasteiger partial charge >= 0.3 is 0 Å². The summed E-state index contributed by atoms with van der Waals surface area (Å²) in [6.45, 7) is 0. The SMILES string of the molecule is CN(C)c1c([S+](C)[O-])ccc(C(=O)c2cnn(C)c2O)c1Cl. The van der Waals surface area contributed by atoms with Crippen molar-refractivity contribution in [3.05, 3.63) is 34.5 Å². The molecule has 1 atom stereocenters. The van der Waals surface area contributed by atoms with Crippen LogP contribution in [0.4, 0.5) is 5.69 Å². The van der Waals surface area contributed by atoms with Gasteiger partial charge in [-0.15, -0.1) is 0 Å². The van der Waals surface area contributed by atoms with E-state index >= 15 is 0 Å². The second kappa shape index (κ2) is 6.20. The van der Waals surface area contributed by atoms with Gasteiger partial charge in [0.05, 0.1) is 11.2 Å². The van der Waals surface area contributed by atoms with E-state index in [-0.39, 0.29) is 22.0 Å². The van der Waals surface area contributed by atoms with Crippen molar-refractivity contribution in [3.8, 4) is 5.88 Å². The van der Waals surface area contributed by atoms with E-state index in [1.165, 1.54) is 24.0 Å². The molecular formula is C14H16ClN3O3S. The number of halogens is 1. The fourth-order valence-electron chi connectivity index (χ4n) is 2.11. The lowest BCUT2D eigenvalue weighted by Gasteiger charge is -2.20. The third-order valence-electron chi connectivity index (χ3n) is 3.23. The number of carbonyl (C=O) groups excluding carboxylic acids is 1. The van der Waals surface area contributed by atoms with E-state index < -0.39 is 17.0 Å². The number of hydrogen-bond donors (Lipinski definition) is 1. The Bertz CT molecular complexity index is 728. The highest BCUT2D eigenvalue weighted by atomic mass is 35.5. The molecule has 1 heterocycles. The second-order valence-corrected chi connectivity index (χ2v) is 6.68. The van der Waals surface area contributed by atoms with E-state index in [4.69, 9.17) is 11.6 Å². The van der Waals surface area contributed by atoms with Gasteiger partial charge in [0.25, 0.3) is 0 Å². The lowest BCUT2D eigenvalue weighted by molar-refractivity contribution is 0.103. The minimum atomic E-state index is -1.24. The van der Waals surface area contributed by atoms with Crippen molar-refractivity contribution in [1.82, 2.24) is 9.78 Å². The van der Waals surface area contributed by atoms with Crippen LogP contribution in [0.5, 0.6) is 5.88 Å². The molecule has 0 spiro atoms. The number of ketones is 1. The van der Waals surface area contributed by atoms with Gasteiger partial charge in [0.2, 0.25) is 11.7 Å². The molecule has 0 fully saturated rings. The van der Waals surface area contributed by atoms with Crippen molar-refractivity contribution in [2.24, 2.45) is 7.05 Å². The lowest BCUT2D eigenvalue weighted by Crippen LogP contribution is -2.16. The predicted octanol–water partition coefficient (Wildman–Crippen LogP) is 1.81. The highest BCUT2D eigenvalue weighted by molar-refractivity contribution is 7.90. The first-order valence-corrected chi connectivity index (χ1v) is 8.28. The van der Waals surface area contributed by atoms with Crippen LogP contribution >= 0.6 is 11.6 Å². The molecule has 0 amide bonds. The summed E-state index contributed by atoms with van der Waals surface area (Å²) in [7, 11) is 5.04. The Hall–Kier alpha value is -1.70. The minimum absolute atomic E-state index is 0.0690. The first-order valence-electron chi connectivity index (χ1n) is 6.34. The molecule has 22 heavy (non-hydrogen) atoms. The van der Waals surface area contributed by atoms with Crippen LogP contribution in [-0.2, 0) is 18.2 Å². The molecule has 0 radical (unpaired) electrons. The van der Waals surface area contributed by atoms with Crippen molar-refractivity contribution in [2.75, 3.05) is 25.3 Å². The Morgan fingerprint density at radius 1 is 1.41 bits per heavy atom. The third-order valence-corrected chi connectivity index (χ3v) is 4.56. The second-order valence-electron chi connectivity index (χ2n) is 4.96. The van der Waals surface area contributed by atoms with Gasteiger partial charge in [-0.1, -0.05) is 11.6 Å². The van der Waals surface area contributed by atoms with E-state index in [1.807, 2.05) is 0 Å². The number of rotatable bonds is 4. The van der Waals surface area contributed by atoms with Crippen LogP contribution in [0.15, 0.2) is 23.2 Å². The van der Waals surface area contributed by atoms with Crippen LogP contribution in [0.2, 0.25) is 5.02 Å². The molecule has 1 aromatic carbocycles. The molecule has 0 aliphatic heterocycles. The van der Waals surface area contributed by atoms with Gasteiger partial charge in [-0.25, -0.2) is 4.68 Å².